The van der Waals surface area contributed by atoms with Gasteiger partial charge in [-0.1, -0.05) is 23.8 Å². The van der Waals surface area contributed by atoms with Gasteiger partial charge in [0, 0.05) is 17.3 Å². The number of hydrogen-bond donors (Lipinski definition) is 3. The van der Waals surface area contributed by atoms with Crippen LogP contribution in [0.1, 0.15) is 30.2 Å². The number of aromatic nitrogens is 2. The highest BCUT2D eigenvalue weighted by molar-refractivity contribution is 8.00. The Bertz CT molecular complexity index is 1700. The van der Waals surface area contributed by atoms with Crippen LogP contribution in [0.4, 0.5) is 17.3 Å². The molecule has 39 heavy (non-hydrogen) atoms. The number of hydrogen-bond acceptors (Lipinski definition) is 11. The predicted octanol–water partition coefficient (Wildman–Crippen LogP) is 4.74. The second-order valence-corrected chi connectivity index (χ2v) is 11.8. The summed E-state index contributed by atoms with van der Waals surface area (Å²) >= 11 is 2.48. The molecule has 0 aliphatic carbocycles. The summed E-state index contributed by atoms with van der Waals surface area (Å²) in [5.41, 5.74) is 7.77. The lowest BCUT2D eigenvalue weighted by Gasteiger charge is -2.17. The molecule has 1 unspecified atom stereocenters. The number of nitrogen functional groups attached to an aromatic ring is 1. The number of carbonyl (C=O) groups excluding carboxylic acids is 1. The topological polar surface area (TPSA) is 188 Å². The van der Waals surface area contributed by atoms with E-state index in [0.717, 1.165) is 11.8 Å². The summed E-state index contributed by atoms with van der Waals surface area (Å²) in [5.74, 6) is 0.114. The highest BCUT2D eigenvalue weighted by Gasteiger charge is 2.26. The number of aryl methyl sites for hydroxylation is 1. The number of nitriles is 2. The summed E-state index contributed by atoms with van der Waals surface area (Å²) in [7, 11) is -3.91. The first-order valence-corrected chi connectivity index (χ1v) is 14.7. The second kappa shape index (κ2) is 11.6. The quantitative estimate of drug-likeness (QED) is 0.234. The number of rotatable bonds is 9. The smallest absolute Gasteiger partial charge is 0.263 e. The maximum absolute atomic E-state index is 13.1. The van der Waals surface area contributed by atoms with E-state index in [1.807, 2.05) is 18.4 Å². The maximum Gasteiger partial charge on any atom is 0.263 e. The minimum absolute atomic E-state index is 0.0263. The molecule has 4 N–H and O–H groups in total. The van der Waals surface area contributed by atoms with E-state index in [4.69, 9.17) is 10.3 Å². The molecule has 0 aliphatic rings. The molecule has 1 amide bonds. The number of benzene rings is 1. The number of nitrogens with two attached hydrogens (primary N) is 1. The molecular formula is C25H21N7O4S3. The van der Waals surface area contributed by atoms with E-state index in [0.29, 0.717) is 29.0 Å². The van der Waals surface area contributed by atoms with E-state index >= 15 is 0 Å². The lowest BCUT2D eigenvalue weighted by Crippen LogP contribution is -2.25. The molecule has 0 bridgehead atoms. The third-order valence-corrected chi connectivity index (χ3v) is 8.85. The molecule has 0 spiro atoms. The third kappa shape index (κ3) is 6.04. The molecule has 0 radical (unpaired) electrons. The largest absolute Gasteiger partial charge is 0.383 e. The zero-order valence-corrected chi connectivity index (χ0v) is 23.1. The first-order valence-electron chi connectivity index (χ1n) is 11.4. The van der Waals surface area contributed by atoms with Gasteiger partial charge >= 0.3 is 0 Å². The van der Waals surface area contributed by atoms with Crippen LogP contribution in [0.2, 0.25) is 0 Å². The molecule has 198 valence electrons. The molecule has 0 saturated heterocycles. The fraction of sp³-hybridized carbons (Fsp3) is 0.160. The Morgan fingerprint density at radius 3 is 2.49 bits per heavy atom. The van der Waals surface area contributed by atoms with Crippen LogP contribution in [-0.2, 0) is 14.8 Å². The molecule has 1 atom stereocenters. The Balaban J connectivity index is 1.53. The Morgan fingerprint density at radius 2 is 1.92 bits per heavy atom. The molecule has 0 aliphatic heterocycles. The van der Waals surface area contributed by atoms with Crippen LogP contribution in [-0.4, -0.2) is 29.7 Å². The Morgan fingerprint density at radius 1 is 1.21 bits per heavy atom. The summed E-state index contributed by atoms with van der Waals surface area (Å²) < 4.78 is 32.4. The van der Waals surface area contributed by atoms with Crippen molar-refractivity contribution < 1.29 is 17.7 Å². The lowest BCUT2D eigenvalue weighted by molar-refractivity contribution is -0.115. The molecule has 11 nitrogen and oxygen atoms in total. The Hall–Kier alpha value is -4.37. The van der Waals surface area contributed by atoms with Gasteiger partial charge in [0.15, 0.2) is 5.82 Å². The average Bonchev–Trinajstić information content (AvgIpc) is 3.58. The maximum atomic E-state index is 13.1. The number of nitrogens with zero attached hydrogens (tertiary/aromatic N) is 4. The predicted molar refractivity (Wildman–Crippen MR) is 148 cm³/mol. The van der Waals surface area contributed by atoms with Crippen molar-refractivity contribution in [1.29, 1.82) is 10.5 Å². The molecule has 0 saturated carbocycles. The van der Waals surface area contributed by atoms with E-state index in [1.165, 1.54) is 41.7 Å². The van der Waals surface area contributed by atoms with E-state index in [2.05, 4.69) is 26.2 Å². The van der Waals surface area contributed by atoms with Crippen LogP contribution in [0, 0.1) is 29.6 Å². The standard InChI is InChI=1S/C25H21N7O4S3/c1-3-20(38-25-19(12-27)22(15-8-9-37-13-15)18(11-26)23(28)30-25)24(33)29-16-4-6-17(7-5-16)39(34,35)32-21-10-14(2)36-31-21/h4-10,13,20H,3H2,1-2H3,(H2,28,30)(H,29,33)(H,31,32). The van der Waals surface area contributed by atoms with Gasteiger partial charge in [-0.15, -0.1) is 0 Å². The molecule has 3 aromatic heterocycles. The van der Waals surface area contributed by atoms with Gasteiger partial charge in [-0.25, -0.2) is 13.4 Å². The van der Waals surface area contributed by atoms with Gasteiger partial charge in [-0.05, 0) is 60.0 Å². The lowest BCUT2D eigenvalue weighted by atomic mass is 9.99. The first kappa shape index (κ1) is 27.7. The van der Waals surface area contributed by atoms with Crippen LogP contribution < -0.4 is 15.8 Å². The number of sulfonamides is 1. The van der Waals surface area contributed by atoms with Gasteiger partial charge in [0.05, 0.1) is 15.7 Å². The number of carbonyl (C=O) groups is 1. The van der Waals surface area contributed by atoms with Crippen molar-refractivity contribution in [2.45, 2.75) is 35.4 Å². The second-order valence-electron chi connectivity index (χ2n) is 8.12. The van der Waals surface area contributed by atoms with E-state index in [9.17, 15) is 23.7 Å². The first-order chi connectivity index (χ1) is 18.7. The van der Waals surface area contributed by atoms with Crippen molar-refractivity contribution in [3.05, 3.63) is 64.0 Å². The number of thioether (sulfide) groups is 1. The third-order valence-electron chi connectivity index (χ3n) is 5.44. The number of thiophene rings is 1. The SMILES string of the molecule is CCC(Sc1nc(N)c(C#N)c(-c2ccsc2)c1C#N)C(=O)Nc1ccc(S(=O)(=O)Nc2cc(C)on2)cc1. The molecule has 3 heterocycles. The number of nitrogens with one attached hydrogen (secondary N) is 2. The van der Waals surface area contributed by atoms with Crippen molar-refractivity contribution in [2.24, 2.45) is 0 Å². The van der Waals surface area contributed by atoms with Crippen molar-refractivity contribution >= 4 is 56.4 Å². The Kier molecular flexibility index (Phi) is 8.21. The number of amides is 1. The molecule has 14 heteroatoms. The van der Waals surface area contributed by atoms with Crippen molar-refractivity contribution in [3.63, 3.8) is 0 Å². The van der Waals surface area contributed by atoms with Gasteiger partial charge in [0.1, 0.15) is 34.3 Å². The van der Waals surface area contributed by atoms with Crippen LogP contribution in [0.15, 0.2) is 61.6 Å². The van der Waals surface area contributed by atoms with Crippen molar-refractivity contribution in [2.75, 3.05) is 15.8 Å². The monoisotopic (exact) mass is 579 g/mol. The summed E-state index contributed by atoms with van der Waals surface area (Å²) in [6.07, 6.45) is 0.393. The zero-order valence-electron chi connectivity index (χ0n) is 20.6. The summed E-state index contributed by atoms with van der Waals surface area (Å²) in [6.45, 7) is 3.45. The van der Waals surface area contributed by atoms with Gasteiger partial charge in [0.25, 0.3) is 10.0 Å². The summed E-state index contributed by atoms with van der Waals surface area (Å²) in [4.78, 5) is 17.4. The average molecular weight is 580 g/mol. The highest BCUT2D eigenvalue weighted by Crippen LogP contribution is 2.38. The van der Waals surface area contributed by atoms with Gasteiger partial charge in [-0.3, -0.25) is 9.52 Å². The molecule has 4 aromatic rings. The summed E-state index contributed by atoms with van der Waals surface area (Å²) in [6, 6.07) is 13.0. The van der Waals surface area contributed by atoms with Gasteiger partial charge < -0.3 is 15.6 Å². The number of pyridine rings is 1. The fourth-order valence-electron chi connectivity index (χ4n) is 3.59. The minimum atomic E-state index is -3.91. The van der Waals surface area contributed by atoms with Crippen LogP contribution in [0.5, 0.6) is 0 Å². The van der Waals surface area contributed by atoms with Crippen LogP contribution in [0.3, 0.4) is 0 Å². The van der Waals surface area contributed by atoms with Crippen molar-refractivity contribution in [3.8, 4) is 23.3 Å². The van der Waals surface area contributed by atoms with Crippen molar-refractivity contribution in [1.82, 2.24) is 10.1 Å². The molecule has 4 rings (SSSR count). The fourth-order valence-corrected chi connectivity index (χ4v) is 6.24. The normalized spacial score (nSPS) is 11.8. The van der Waals surface area contributed by atoms with E-state index < -0.39 is 15.3 Å². The zero-order chi connectivity index (χ0) is 28.2. The minimum Gasteiger partial charge on any atom is -0.383 e. The number of anilines is 3. The van der Waals surface area contributed by atoms with E-state index in [-0.39, 0.29) is 38.6 Å². The Labute approximate surface area is 232 Å². The van der Waals surface area contributed by atoms with Crippen LogP contribution >= 0.6 is 23.1 Å². The molecule has 0 fully saturated rings. The summed E-state index contributed by atoms with van der Waals surface area (Å²) in [5, 5.41) is 29.2. The van der Waals surface area contributed by atoms with Gasteiger partial charge in [0.2, 0.25) is 5.91 Å². The molecular weight excluding hydrogens is 559 g/mol. The van der Waals surface area contributed by atoms with Crippen LogP contribution in [0.25, 0.3) is 11.1 Å². The van der Waals surface area contributed by atoms with Gasteiger partial charge in [-0.2, -0.15) is 21.9 Å². The highest BCUT2D eigenvalue weighted by atomic mass is 32.2. The molecule has 1 aromatic carbocycles. The van der Waals surface area contributed by atoms with E-state index in [1.54, 1.807) is 18.4 Å².